The fourth-order valence-electron chi connectivity index (χ4n) is 3.82. The summed E-state index contributed by atoms with van der Waals surface area (Å²) in [5.74, 6) is 0.923. The first kappa shape index (κ1) is 15.5. The Bertz CT molecular complexity index is 825. The van der Waals surface area contributed by atoms with E-state index in [1.165, 1.54) is 5.56 Å². The fraction of sp³-hybridized carbons (Fsp3) is 0.444. The number of rotatable bonds is 1. The number of likely N-dealkylation sites (N-methyl/N-ethyl adjacent to an activating group) is 1. The second-order valence-electron chi connectivity index (χ2n) is 6.89. The highest BCUT2D eigenvalue weighted by Gasteiger charge is 2.46. The molecule has 2 fully saturated rings. The monoisotopic (exact) mass is 345 g/mol. The van der Waals surface area contributed by atoms with Crippen LogP contribution >= 0.6 is 11.6 Å². The van der Waals surface area contributed by atoms with Crippen molar-refractivity contribution in [2.75, 3.05) is 31.6 Å². The summed E-state index contributed by atoms with van der Waals surface area (Å²) in [6, 6.07) is 7.91. The molecule has 0 aliphatic carbocycles. The van der Waals surface area contributed by atoms with E-state index in [1.807, 2.05) is 18.2 Å². The largest absolute Gasteiger partial charge is 0.439 e. The van der Waals surface area contributed by atoms with E-state index in [0.29, 0.717) is 18.1 Å². The average Bonchev–Trinajstić information content (AvgIpc) is 2.80. The molecular weight excluding hydrogens is 326 g/mol. The number of hydrogen-bond donors (Lipinski definition) is 0. The molecule has 1 spiro atoms. The van der Waals surface area contributed by atoms with Gasteiger partial charge in [0.2, 0.25) is 0 Å². The van der Waals surface area contributed by atoms with E-state index in [0.717, 1.165) is 36.1 Å². The van der Waals surface area contributed by atoms with Crippen LogP contribution in [-0.2, 0) is 4.74 Å². The molecule has 6 heteroatoms. The Labute approximate surface area is 146 Å². The third-order valence-electron chi connectivity index (χ3n) is 4.97. The molecule has 2 aromatic rings. The summed E-state index contributed by atoms with van der Waals surface area (Å²) in [6.07, 6.45) is 1.65. The number of halogens is 1. The van der Waals surface area contributed by atoms with Crippen molar-refractivity contribution in [2.24, 2.45) is 0 Å². The van der Waals surface area contributed by atoms with Crippen LogP contribution in [0.4, 0.5) is 10.6 Å². The number of carbonyl (C=O) groups excluding carboxylic acids is 1. The lowest BCUT2D eigenvalue weighted by atomic mass is 9.92. The van der Waals surface area contributed by atoms with Gasteiger partial charge in [0, 0.05) is 24.0 Å². The first-order valence-corrected chi connectivity index (χ1v) is 8.60. The van der Waals surface area contributed by atoms with E-state index in [1.54, 1.807) is 11.9 Å². The maximum atomic E-state index is 11.8. The molecule has 0 radical (unpaired) electrons. The van der Waals surface area contributed by atoms with Gasteiger partial charge >= 0.3 is 6.09 Å². The molecule has 24 heavy (non-hydrogen) atoms. The maximum Gasteiger partial charge on any atom is 0.410 e. The highest BCUT2D eigenvalue weighted by Crippen LogP contribution is 2.34. The van der Waals surface area contributed by atoms with Crippen LogP contribution in [-0.4, -0.2) is 48.3 Å². The lowest BCUT2D eigenvalue weighted by Gasteiger charge is -2.39. The number of piperidine rings is 1. The molecule has 1 aromatic heterocycles. The van der Waals surface area contributed by atoms with Crippen molar-refractivity contribution in [3.05, 3.63) is 34.9 Å². The highest BCUT2D eigenvalue weighted by atomic mass is 35.5. The third-order valence-corrected chi connectivity index (χ3v) is 5.20. The zero-order chi connectivity index (χ0) is 16.9. The minimum absolute atomic E-state index is 0.230. The van der Waals surface area contributed by atoms with Crippen molar-refractivity contribution in [1.29, 1.82) is 0 Å². The quantitative estimate of drug-likeness (QED) is 0.792. The van der Waals surface area contributed by atoms with Crippen molar-refractivity contribution < 1.29 is 9.53 Å². The van der Waals surface area contributed by atoms with Crippen LogP contribution in [0.1, 0.15) is 18.4 Å². The van der Waals surface area contributed by atoms with E-state index in [4.69, 9.17) is 21.3 Å². The molecule has 0 saturated carbocycles. The predicted molar refractivity (Wildman–Crippen MR) is 94.8 cm³/mol. The molecule has 3 heterocycles. The number of amides is 1. The molecule has 1 amide bonds. The van der Waals surface area contributed by atoms with Gasteiger partial charge in [-0.3, -0.25) is 0 Å². The number of hydrogen-bond acceptors (Lipinski definition) is 4. The van der Waals surface area contributed by atoms with Gasteiger partial charge in [-0.25, -0.2) is 9.78 Å². The maximum absolute atomic E-state index is 11.8. The van der Waals surface area contributed by atoms with Gasteiger partial charge in [0.1, 0.15) is 11.4 Å². The van der Waals surface area contributed by atoms with Crippen LogP contribution in [0.3, 0.4) is 0 Å². The van der Waals surface area contributed by atoms with Crippen LogP contribution in [0, 0.1) is 6.92 Å². The molecule has 0 bridgehead atoms. The molecule has 1 atom stereocenters. The Morgan fingerprint density at radius 1 is 1.29 bits per heavy atom. The standard InChI is InChI=1S/C18H20ClN3O2/c1-12-8-16(20-15-9-13(19)4-5-14(12)15)22-7-3-6-18(11-22)10-21(2)17(23)24-18/h4-5,8-9H,3,6-7,10-11H2,1-2H3. The van der Waals surface area contributed by atoms with Gasteiger partial charge < -0.3 is 14.5 Å². The van der Waals surface area contributed by atoms with Crippen LogP contribution < -0.4 is 4.90 Å². The zero-order valence-electron chi connectivity index (χ0n) is 13.9. The summed E-state index contributed by atoms with van der Waals surface area (Å²) in [7, 11) is 1.79. The van der Waals surface area contributed by atoms with Gasteiger partial charge in [-0.2, -0.15) is 0 Å². The third kappa shape index (κ3) is 2.57. The van der Waals surface area contributed by atoms with Crippen LogP contribution in [0.25, 0.3) is 10.9 Å². The predicted octanol–water partition coefficient (Wildman–Crippen LogP) is 3.62. The molecule has 0 N–H and O–H groups in total. The summed E-state index contributed by atoms with van der Waals surface area (Å²) in [6.45, 7) is 4.33. The number of carbonyl (C=O) groups is 1. The van der Waals surface area contributed by atoms with Gasteiger partial charge in [-0.1, -0.05) is 17.7 Å². The van der Waals surface area contributed by atoms with Crippen LogP contribution in [0.2, 0.25) is 5.02 Å². The Morgan fingerprint density at radius 3 is 2.88 bits per heavy atom. The van der Waals surface area contributed by atoms with Crippen molar-refractivity contribution in [2.45, 2.75) is 25.4 Å². The summed E-state index contributed by atoms with van der Waals surface area (Å²) in [5, 5.41) is 1.80. The topological polar surface area (TPSA) is 45.7 Å². The van der Waals surface area contributed by atoms with Crippen LogP contribution in [0.5, 0.6) is 0 Å². The molecule has 1 aromatic carbocycles. The Morgan fingerprint density at radius 2 is 2.12 bits per heavy atom. The molecular formula is C18H20ClN3O2. The number of ether oxygens (including phenoxy) is 1. The number of benzene rings is 1. The van der Waals surface area contributed by atoms with E-state index >= 15 is 0 Å². The SMILES string of the molecule is Cc1cc(N2CCCC3(CN(C)C(=O)O3)C2)nc2cc(Cl)ccc12. The van der Waals surface area contributed by atoms with Gasteiger partial charge in [0.15, 0.2) is 0 Å². The first-order valence-electron chi connectivity index (χ1n) is 8.22. The smallest absolute Gasteiger partial charge is 0.410 e. The lowest BCUT2D eigenvalue weighted by molar-refractivity contribution is 0.0445. The number of aryl methyl sites for hydroxylation is 1. The Kier molecular flexibility index (Phi) is 3.57. The number of anilines is 1. The molecule has 5 nitrogen and oxygen atoms in total. The minimum atomic E-state index is -0.414. The molecule has 2 aliphatic rings. The number of nitrogens with zero attached hydrogens (tertiary/aromatic N) is 3. The Hall–Kier alpha value is -2.01. The molecule has 4 rings (SSSR count). The highest BCUT2D eigenvalue weighted by molar-refractivity contribution is 6.31. The van der Waals surface area contributed by atoms with E-state index in [2.05, 4.69) is 17.9 Å². The first-order chi connectivity index (χ1) is 11.5. The zero-order valence-corrected chi connectivity index (χ0v) is 14.6. The van der Waals surface area contributed by atoms with Gasteiger partial charge in [0.25, 0.3) is 0 Å². The lowest BCUT2D eigenvalue weighted by Crippen LogP contribution is -2.50. The molecule has 126 valence electrons. The molecule has 2 aliphatic heterocycles. The van der Waals surface area contributed by atoms with Crippen molar-refractivity contribution in [3.63, 3.8) is 0 Å². The fourth-order valence-corrected chi connectivity index (χ4v) is 3.98. The second-order valence-corrected chi connectivity index (χ2v) is 7.33. The molecule has 2 saturated heterocycles. The summed E-state index contributed by atoms with van der Waals surface area (Å²) in [4.78, 5) is 20.5. The van der Waals surface area contributed by atoms with E-state index in [9.17, 15) is 4.79 Å². The number of fused-ring (bicyclic) bond motifs is 1. The summed E-state index contributed by atoms with van der Waals surface area (Å²) in [5.41, 5.74) is 1.66. The second kappa shape index (κ2) is 5.52. The molecule has 1 unspecified atom stereocenters. The van der Waals surface area contributed by atoms with Crippen molar-refractivity contribution in [1.82, 2.24) is 9.88 Å². The van der Waals surface area contributed by atoms with Gasteiger partial charge in [0.05, 0.1) is 18.6 Å². The average molecular weight is 346 g/mol. The Balaban J connectivity index is 1.68. The van der Waals surface area contributed by atoms with Crippen molar-refractivity contribution >= 4 is 34.4 Å². The summed E-state index contributed by atoms with van der Waals surface area (Å²) >= 11 is 6.12. The minimum Gasteiger partial charge on any atom is -0.439 e. The van der Waals surface area contributed by atoms with Crippen molar-refractivity contribution in [3.8, 4) is 0 Å². The van der Waals surface area contributed by atoms with E-state index < -0.39 is 5.60 Å². The van der Waals surface area contributed by atoms with Gasteiger partial charge in [-0.15, -0.1) is 0 Å². The number of aromatic nitrogens is 1. The van der Waals surface area contributed by atoms with E-state index in [-0.39, 0.29) is 6.09 Å². The number of pyridine rings is 1. The summed E-state index contributed by atoms with van der Waals surface area (Å²) < 4.78 is 5.69. The normalized spacial score (nSPS) is 24.0. The van der Waals surface area contributed by atoms with Gasteiger partial charge in [-0.05, 0) is 43.5 Å². The van der Waals surface area contributed by atoms with Crippen LogP contribution in [0.15, 0.2) is 24.3 Å².